The minimum absolute atomic E-state index is 0.0511. The Morgan fingerprint density at radius 1 is 1.39 bits per heavy atom. The van der Waals surface area contributed by atoms with E-state index in [-0.39, 0.29) is 17.3 Å². The van der Waals surface area contributed by atoms with E-state index in [0.29, 0.717) is 25.4 Å². The predicted octanol–water partition coefficient (Wildman–Crippen LogP) is 2.62. The third kappa shape index (κ3) is 4.64. The summed E-state index contributed by atoms with van der Waals surface area (Å²) in [7, 11) is 1.76. The quantitative estimate of drug-likeness (QED) is 0.869. The van der Waals surface area contributed by atoms with E-state index in [1.54, 1.807) is 23.7 Å². The maximum atomic E-state index is 12.2. The van der Waals surface area contributed by atoms with Crippen molar-refractivity contribution in [2.45, 2.75) is 25.6 Å². The first-order valence-electron chi connectivity index (χ1n) is 7.99. The first kappa shape index (κ1) is 17.7. The van der Waals surface area contributed by atoms with Gasteiger partial charge in [-0.05, 0) is 18.9 Å². The molecule has 1 aromatic carbocycles. The van der Waals surface area contributed by atoms with Crippen LogP contribution >= 0.6 is 11.8 Å². The van der Waals surface area contributed by atoms with Gasteiger partial charge in [0.1, 0.15) is 5.37 Å². The summed E-state index contributed by atoms with van der Waals surface area (Å²) in [4.78, 5) is 27.6. The van der Waals surface area contributed by atoms with Crippen molar-refractivity contribution >= 4 is 23.7 Å². The average Bonchev–Trinajstić information content (AvgIpc) is 2.91. The number of rotatable bonds is 6. The molecule has 1 aliphatic heterocycles. The highest BCUT2D eigenvalue weighted by atomic mass is 32.2. The van der Waals surface area contributed by atoms with Crippen LogP contribution in [0.1, 0.15) is 29.8 Å². The van der Waals surface area contributed by atoms with Crippen LogP contribution in [0.3, 0.4) is 0 Å². The van der Waals surface area contributed by atoms with Crippen LogP contribution in [-0.2, 0) is 4.79 Å². The molecule has 1 N–H and O–H groups in total. The summed E-state index contributed by atoms with van der Waals surface area (Å²) in [6.45, 7) is 5.84. The number of hydrogen-bond donors (Lipinski definition) is 1. The molecule has 6 heteroatoms. The van der Waals surface area contributed by atoms with Gasteiger partial charge in [0.15, 0.2) is 0 Å². The second-order valence-electron chi connectivity index (χ2n) is 5.81. The Labute approximate surface area is 142 Å². The Bertz CT molecular complexity index is 547. The molecule has 0 saturated carbocycles. The zero-order valence-electron chi connectivity index (χ0n) is 14.0. The van der Waals surface area contributed by atoms with Gasteiger partial charge in [-0.25, -0.2) is 4.79 Å². The smallest absolute Gasteiger partial charge is 0.317 e. The van der Waals surface area contributed by atoms with Crippen LogP contribution in [0.15, 0.2) is 24.3 Å². The molecule has 1 saturated heterocycles. The van der Waals surface area contributed by atoms with Crippen molar-refractivity contribution < 1.29 is 9.59 Å². The molecule has 1 fully saturated rings. The largest absolute Gasteiger partial charge is 0.338 e. The molecule has 0 radical (unpaired) electrons. The third-order valence-electron chi connectivity index (χ3n) is 3.88. The fraction of sp³-hybridized carbons (Fsp3) is 0.529. The van der Waals surface area contributed by atoms with E-state index in [4.69, 9.17) is 0 Å². The normalized spacial score (nSPS) is 17.4. The Kier molecular flexibility index (Phi) is 6.33. The number of thioether (sulfide) groups is 1. The molecule has 1 atom stereocenters. The second-order valence-corrected chi connectivity index (χ2v) is 6.88. The summed E-state index contributed by atoms with van der Waals surface area (Å²) in [5.74, 6) is 0.646. The van der Waals surface area contributed by atoms with E-state index in [2.05, 4.69) is 36.5 Å². The maximum Gasteiger partial charge on any atom is 0.317 e. The number of nitrogens with zero attached hydrogens (tertiary/aromatic N) is 2. The highest BCUT2D eigenvalue weighted by Gasteiger charge is 2.32. The molecule has 3 amide bonds. The zero-order chi connectivity index (χ0) is 16.8. The van der Waals surface area contributed by atoms with Crippen molar-refractivity contribution in [2.75, 3.05) is 32.4 Å². The van der Waals surface area contributed by atoms with Crippen LogP contribution < -0.4 is 5.32 Å². The minimum atomic E-state index is -0.0852. The third-order valence-corrected chi connectivity index (χ3v) is 5.14. The lowest BCUT2D eigenvalue weighted by molar-refractivity contribution is -0.128. The zero-order valence-corrected chi connectivity index (χ0v) is 14.9. The van der Waals surface area contributed by atoms with Crippen molar-refractivity contribution in [2.24, 2.45) is 0 Å². The highest BCUT2D eigenvalue weighted by Crippen LogP contribution is 2.38. The van der Waals surface area contributed by atoms with Gasteiger partial charge in [0.2, 0.25) is 5.91 Å². The summed E-state index contributed by atoms with van der Waals surface area (Å²) < 4.78 is 0. The molecule has 1 aromatic rings. The van der Waals surface area contributed by atoms with E-state index >= 15 is 0 Å². The maximum absolute atomic E-state index is 12.2. The lowest BCUT2D eigenvalue weighted by Gasteiger charge is -2.27. The van der Waals surface area contributed by atoms with Crippen LogP contribution in [0, 0.1) is 6.92 Å². The number of urea groups is 1. The molecule has 23 heavy (non-hydrogen) atoms. The Hall–Kier alpha value is -1.69. The summed E-state index contributed by atoms with van der Waals surface area (Å²) in [5.41, 5.74) is 2.35. The van der Waals surface area contributed by atoms with Crippen LogP contribution in [0.25, 0.3) is 0 Å². The van der Waals surface area contributed by atoms with Gasteiger partial charge < -0.3 is 15.1 Å². The first-order chi connectivity index (χ1) is 11.0. The SMILES string of the molecule is CCCNC(=O)N(C)CCN1C(=O)CS[C@@H]1c1ccc(C)cc1. The van der Waals surface area contributed by atoms with Gasteiger partial charge >= 0.3 is 6.03 Å². The summed E-state index contributed by atoms with van der Waals surface area (Å²) in [5, 5.41) is 2.90. The van der Waals surface area contributed by atoms with Gasteiger partial charge in [0.05, 0.1) is 5.75 Å². The minimum Gasteiger partial charge on any atom is -0.338 e. The highest BCUT2D eigenvalue weighted by molar-refractivity contribution is 8.00. The molecule has 5 nitrogen and oxygen atoms in total. The van der Waals surface area contributed by atoms with Crippen LogP contribution in [0.2, 0.25) is 0 Å². The van der Waals surface area contributed by atoms with Gasteiger partial charge in [-0.3, -0.25) is 4.79 Å². The monoisotopic (exact) mass is 335 g/mol. The lowest BCUT2D eigenvalue weighted by atomic mass is 10.1. The number of hydrogen-bond acceptors (Lipinski definition) is 3. The lowest BCUT2D eigenvalue weighted by Crippen LogP contribution is -2.42. The number of carbonyl (C=O) groups is 2. The second kappa shape index (κ2) is 8.24. The molecular weight excluding hydrogens is 310 g/mol. The van der Waals surface area contributed by atoms with Crippen LogP contribution in [0.4, 0.5) is 4.79 Å². The van der Waals surface area contributed by atoms with Crippen molar-refractivity contribution in [3.8, 4) is 0 Å². The predicted molar refractivity (Wildman–Crippen MR) is 94.4 cm³/mol. The molecular formula is C17H25N3O2S. The van der Waals surface area contributed by atoms with E-state index in [9.17, 15) is 9.59 Å². The molecule has 1 aliphatic rings. The van der Waals surface area contributed by atoms with Gasteiger partial charge in [-0.2, -0.15) is 0 Å². The van der Waals surface area contributed by atoms with Crippen LogP contribution in [-0.4, -0.2) is 54.2 Å². The molecule has 0 unspecified atom stereocenters. The van der Waals surface area contributed by atoms with E-state index < -0.39 is 0 Å². The Morgan fingerprint density at radius 3 is 2.74 bits per heavy atom. The van der Waals surface area contributed by atoms with Crippen molar-refractivity contribution in [3.05, 3.63) is 35.4 Å². The average molecular weight is 335 g/mol. The number of amides is 3. The molecule has 0 aromatic heterocycles. The Morgan fingerprint density at radius 2 is 2.09 bits per heavy atom. The van der Waals surface area contributed by atoms with Crippen molar-refractivity contribution in [1.29, 1.82) is 0 Å². The molecule has 0 aliphatic carbocycles. The molecule has 0 spiro atoms. The van der Waals surface area contributed by atoms with Crippen LogP contribution in [0.5, 0.6) is 0 Å². The first-order valence-corrected chi connectivity index (χ1v) is 9.04. The van der Waals surface area contributed by atoms with E-state index in [1.165, 1.54) is 5.56 Å². The fourth-order valence-corrected chi connectivity index (χ4v) is 3.65. The Balaban J connectivity index is 1.95. The number of carbonyl (C=O) groups excluding carboxylic acids is 2. The number of aryl methyl sites for hydroxylation is 1. The summed E-state index contributed by atoms with van der Waals surface area (Å²) in [6.07, 6.45) is 0.913. The molecule has 2 rings (SSSR count). The number of likely N-dealkylation sites (N-methyl/N-ethyl adjacent to an activating group) is 1. The van der Waals surface area contributed by atoms with Gasteiger partial charge in [-0.1, -0.05) is 36.8 Å². The topological polar surface area (TPSA) is 52.7 Å². The van der Waals surface area contributed by atoms with Gasteiger partial charge in [-0.15, -0.1) is 11.8 Å². The number of nitrogens with one attached hydrogen (secondary N) is 1. The number of benzene rings is 1. The fourth-order valence-electron chi connectivity index (χ4n) is 2.43. The molecule has 1 heterocycles. The van der Waals surface area contributed by atoms with Crippen molar-refractivity contribution in [1.82, 2.24) is 15.1 Å². The van der Waals surface area contributed by atoms with Crippen molar-refractivity contribution in [3.63, 3.8) is 0 Å². The van der Waals surface area contributed by atoms with E-state index in [1.807, 2.05) is 11.8 Å². The van der Waals surface area contributed by atoms with Gasteiger partial charge in [0, 0.05) is 26.7 Å². The van der Waals surface area contributed by atoms with E-state index in [0.717, 1.165) is 12.0 Å². The summed E-state index contributed by atoms with van der Waals surface area (Å²) in [6, 6.07) is 8.22. The molecule has 0 bridgehead atoms. The standard InChI is InChI=1S/C17H25N3O2S/c1-4-9-18-17(22)19(3)10-11-20-15(21)12-23-16(20)14-7-5-13(2)6-8-14/h5-8,16H,4,9-12H2,1-3H3,(H,18,22)/t16-/m1/s1. The van der Waals surface area contributed by atoms with Gasteiger partial charge in [0.25, 0.3) is 0 Å². The summed E-state index contributed by atoms with van der Waals surface area (Å²) >= 11 is 1.65. The molecule has 126 valence electrons.